The molecule has 0 amide bonds. The van der Waals surface area contributed by atoms with E-state index in [0.717, 1.165) is 50.4 Å². The quantitative estimate of drug-likeness (QED) is 0.885. The second kappa shape index (κ2) is 5.84. The van der Waals surface area contributed by atoms with E-state index in [1.165, 1.54) is 0 Å². The first kappa shape index (κ1) is 14.2. The molecule has 0 saturated carbocycles. The van der Waals surface area contributed by atoms with Gasteiger partial charge in [0.15, 0.2) is 0 Å². The van der Waals surface area contributed by atoms with E-state index in [0.29, 0.717) is 0 Å². The molecule has 0 aromatic carbocycles. The van der Waals surface area contributed by atoms with Crippen LogP contribution in [0.2, 0.25) is 0 Å². The van der Waals surface area contributed by atoms with E-state index in [4.69, 9.17) is 0 Å². The average Bonchev–Trinajstić information content (AvgIpc) is 2.51. The molecule has 1 atom stereocenters. The van der Waals surface area contributed by atoms with Crippen LogP contribution in [0.4, 0.5) is 5.95 Å². The number of rotatable bonds is 3. The van der Waals surface area contributed by atoms with Crippen molar-refractivity contribution in [2.45, 2.75) is 31.8 Å². The molecule has 0 spiro atoms. The minimum absolute atomic E-state index is 0.580. The van der Waals surface area contributed by atoms with Gasteiger partial charge in [-0.15, -0.1) is 0 Å². The van der Waals surface area contributed by atoms with Gasteiger partial charge in [0.2, 0.25) is 5.95 Å². The molecule has 1 N–H and O–H groups in total. The van der Waals surface area contributed by atoms with Crippen molar-refractivity contribution in [3.63, 3.8) is 0 Å². The number of nitrogens with zero attached hydrogens (tertiary/aromatic N) is 4. The van der Waals surface area contributed by atoms with Gasteiger partial charge in [0, 0.05) is 32.0 Å². The minimum atomic E-state index is -0.580. The molecule has 1 saturated heterocycles. The highest BCUT2D eigenvalue weighted by molar-refractivity contribution is 5.30. The zero-order valence-electron chi connectivity index (χ0n) is 12.1. The molecule has 5 nitrogen and oxygen atoms in total. The first-order valence-corrected chi connectivity index (χ1v) is 6.89. The van der Waals surface area contributed by atoms with Crippen molar-refractivity contribution < 1.29 is 5.11 Å². The predicted octanol–water partition coefficient (Wildman–Crippen LogP) is 1.07. The molecule has 19 heavy (non-hydrogen) atoms. The zero-order chi connectivity index (χ0) is 13.9. The van der Waals surface area contributed by atoms with Gasteiger partial charge < -0.3 is 14.9 Å². The van der Waals surface area contributed by atoms with Crippen molar-refractivity contribution in [2.24, 2.45) is 0 Å². The van der Waals surface area contributed by atoms with Crippen LogP contribution in [-0.2, 0) is 0 Å². The van der Waals surface area contributed by atoms with Crippen LogP contribution < -0.4 is 4.90 Å². The van der Waals surface area contributed by atoms with Crippen LogP contribution in [0.1, 0.15) is 24.8 Å². The number of aliphatic hydroxyl groups is 1. The van der Waals surface area contributed by atoms with Crippen molar-refractivity contribution >= 4 is 5.95 Å². The average molecular weight is 264 g/mol. The standard InChI is InChI=1S/C14H24N4O/c1-12-9-15-13(16-10-12)18-7-4-5-14(19,6-8-18)11-17(2)3/h9-10,19H,4-8,11H2,1-3H3/t14-/m0/s1. The summed E-state index contributed by atoms with van der Waals surface area (Å²) in [4.78, 5) is 13.0. The molecule has 1 aliphatic rings. The SMILES string of the molecule is Cc1cnc(N2CCC[C@@](O)(CN(C)C)CC2)nc1. The Morgan fingerprint density at radius 2 is 1.95 bits per heavy atom. The fourth-order valence-corrected chi connectivity index (χ4v) is 2.67. The van der Waals surface area contributed by atoms with Gasteiger partial charge in [0.25, 0.3) is 0 Å². The Kier molecular flexibility index (Phi) is 4.37. The molecular formula is C14H24N4O. The van der Waals surface area contributed by atoms with E-state index >= 15 is 0 Å². The normalized spacial score (nSPS) is 24.6. The summed E-state index contributed by atoms with van der Waals surface area (Å²) >= 11 is 0. The van der Waals surface area contributed by atoms with Crippen LogP contribution in [0.25, 0.3) is 0 Å². The van der Waals surface area contributed by atoms with Gasteiger partial charge in [-0.2, -0.15) is 0 Å². The molecule has 0 radical (unpaired) electrons. The Balaban J connectivity index is 2.02. The van der Waals surface area contributed by atoms with Crippen LogP contribution in [0.3, 0.4) is 0 Å². The van der Waals surface area contributed by atoms with Crippen LogP contribution in [-0.4, -0.2) is 59.3 Å². The van der Waals surface area contributed by atoms with Gasteiger partial charge in [-0.3, -0.25) is 0 Å². The van der Waals surface area contributed by atoms with Crippen molar-refractivity contribution in [1.29, 1.82) is 0 Å². The molecule has 2 rings (SSSR count). The third-order valence-electron chi connectivity index (χ3n) is 3.58. The third kappa shape index (κ3) is 3.88. The minimum Gasteiger partial charge on any atom is -0.388 e. The lowest BCUT2D eigenvalue weighted by atomic mass is 9.94. The Morgan fingerprint density at radius 1 is 1.26 bits per heavy atom. The van der Waals surface area contributed by atoms with Crippen LogP contribution in [0, 0.1) is 6.92 Å². The zero-order valence-corrected chi connectivity index (χ0v) is 12.1. The van der Waals surface area contributed by atoms with Crippen LogP contribution >= 0.6 is 0 Å². The maximum absolute atomic E-state index is 10.6. The maximum atomic E-state index is 10.6. The molecular weight excluding hydrogens is 240 g/mol. The lowest BCUT2D eigenvalue weighted by Gasteiger charge is -2.29. The van der Waals surface area contributed by atoms with E-state index in [-0.39, 0.29) is 0 Å². The Hall–Kier alpha value is -1.20. The van der Waals surface area contributed by atoms with Crippen molar-refractivity contribution in [3.8, 4) is 0 Å². The second-order valence-electron chi connectivity index (χ2n) is 5.86. The largest absolute Gasteiger partial charge is 0.388 e. The lowest BCUT2D eigenvalue weighted by Crippen LogP contribution is -2.41. The summed E-state index contributed by atoms with van der Waals surface area (Å²) in [5, 5.41) is 10.6. The molecule has 1 aromatic rings. The Labute approximate surface area is 115 Å². The molecule has 1 aromatic heterocycles. The number of anilines is 1. The van der Waals surface area contributed by atoms with Crippen LogP contribution in [0.15, 0.2) is 12.4 Å². The van der Waals surface area contributed by atoms with Gasteiger partial charge in [-0.05, 0) is 45.8 Å². The van der Waals surface area contributed by atoms with Gasteiger partial charge in [0.05, 0.1) is 5.60 Å². The molecule has 1 aliphatic heterocycles. The van der Waals surface area contributed by atoms with Crippen molar-refractivity contribution in [3.05, 3.63) is 18.0 Å². The third-order valence-corrected chi connectivity index (χ3v) is 3.58. The fourth-order valence-electron chi connectivity index (χ4n) is 2.67. The number of likely N-dealkylation sites (N-methyl/N-ethyl adjacent to an activating group) is 1. The second-order valence-corrected chi connectivity index (χ2v) is 5.86. The van der Waals surface area contributed by atoms with Gasteiger partial charge in [-0.1, -0.05) is 0 Å². The summed E-state index contributed by atoms with van der Waals surface area (Å²) in [7, 11) is 4.01. The number of hydrogen-bond donors (Lipinski definition) is 1. The highest BCUT2D eigenvalue weighted by Crippen LogP contribution is 2.24. The molecule has 2 heterocycles. The lowest BCUT2D eigenvalue weighted by molar-refractivity contribution is 0.00536. The van der Waals surface area contributed by atoms with Gasteiger partial charge >= 0.3 is 0 Å². The van der Waals surface area contributed by atoms with Crippen molar-refractivity contribution in [2.75, 3.05) is 38.6 Å². The smallest absolute Gasteiger partial charge is 0.225 e. The molecule has 5 heteroatoms. The summed E-state index contributed by atoms with van der Waals surface area (Å²) in [5.41, 5.74) is 0.492. The van der Waals surface area contributed by atoms with E-state index < -0.39 is 5.60 Å². The van der Waals surface area contributed by atoms with Gasteiger partial charge in [-0.25, -0.2) is 9.97 Å². The summed E-state index contributed by atoms with van der Waals surface area (Å²) in [5.74, 6) is 0.778. The summed E-state index contributed by atoms with van der Waals surface area (Å²) < 4.78 is 0. The molecule has 0 unspecified atom stereocenters. The fraction of sp³-hybridized carbons (Fsp3) is 0.714. The molecule has 0 aliphatic carbocycles. The topological polar surface area (TPSA) is 52.5 Å². The van der Waals surface area contributed by atoms with E-state index in [2.05, 4.69) is 19.8 Å². The van der Waals surface area contributed by atoms with E-state index in [1.807, 2.05) is 33.4 Å². The summed E-state index contributed by atoms with van der Waals surface area (Å²) in [6, 6.07) is 0. The maximum Gasteiger partial charge on any atom is 0.225 e. The van der Waals surface area contributed by atoms with Crippen LogP contribution in [0.5, 0.6) is 0 Å². The molecule has 0 bridgehead atoms. The monoisotopic (exact) mass is 264 g/mol. The highest BCUT2D eigenvalue weighted by Gasteiger charge is 2.31. The summed E-state index contributed by atoms with van der Waals surface area (Å²) in [6.07, 6.45) is 6.27. The highest BCUT2D eigenvalue weighted by atomic mass is 16.3. The van der Waals surface area contributed by atoms with Gasteiger partial charge in [0.1, 0.15) is 0 Å². The first-order valence-electron chi connectivity index (χ1n) is 6.89. The first-order chi connectivity index (χ1) is 8.98. The molecule has 106 valence electrons. The summed E-state index contributed by atoms with van der Waals surface area (Å²) in [6.45, 7) is 4.43. The molecule has 1 fully saturated rings. The van der Waals surface area contributed by atoms with Crippen molar-refractivity contribution in [1.82, 2.24) is 14.9 Å². The van der Waals surface area contributed by atoms with E-state index in [9.17, 15) is 5.11 Å². The van der Waals surface area contributed by atoms with E-state index in [1.54, 1.807) is 0 Å². The Morgan fingerprint density at radius 3 is 2.58 bits per heavy atom. The number of aromatic nitrogens is 2. The predicted molar refractivity (Wildman–Crippen MR) is 76.3 cm³/mol. The number of hydrogen-bond acceptors (Lipinski definition) is 5. The Bertz CT molecular complexity index is 406. The number of aryl methyl sites for hydroxylation is 1.